The summed E-state index contributed by atoms with van der Waals surface area (Å²) in [5.74, 6) is 0.0613. The lowest BCUT2D eigenvalue weighted by molar-refractivity contribution is -0.146. The van der Waals surface area contributed by atoms with Crippen LogP contribution in [0.15, 0.2) is 30.3 Å². The Morgan fingerprint density at radius 3 is 2.33 bits per heavy atom. The molecular weight excluding hydrogens is 226 g/mol. The van der Waals surface area contributed by atoms with Gasteiger partial charge in [0.2, 0.25) is 0 Å². The highest BCUT2D eigenvalue weighted by Gasteiger charge is 2.28. The van der Waals surface area contributed by atoms with Crippen molar-refractivity contribution >= 4 is 11.7 Å². The van der Waals surface area contributed by atoms with Crippen LogP contribution in [0.5, 0.6) is 0 Å². The van der Waals surface area contributed by atoms with E-state index in [0.717, 1.165) is 25.7 Å². The first-order valence-electron chi connectivity index (χ1n) is 6.58. The number of carbonyl (C=O) groups excluding carboxylic acids is 1. The Labute approximate surface area is 109 Å². The number of methoxy groups -OCH3 is 1. The summed E-state index contributed by atoms with van der Waals surface area (Å²) < 4.78 is 4.82. The van der Waals surface area contributed by atoms with Gasteiger partial charge in [0.25, 0.3) is 0 Å². The van der Waals surface area contributed by atoms with Gasteiger partial charge in [0.15, 0.2) is 0 Å². The molecule has 1 saturated carbocycles. The zero-order valence-corrected chi connectivity index (χ0v) is 11.1. The van der Waals surface area contributed by atoms with E-state index in [1.807, 2.05) is 6.07 Å². The number of ether oxygens (including phenoxy) is 1. The molecule has 0 heterocycles. The summed E-state index contributed by atoms with van der Waals surface area (Å²) in [5, 5.41) is 0. The van der Waals surface area contributed by atoms with Crippen molar-refractivity contribution in [3.05, 3.63) is 30.3 Å². The van der Waals surface area contributed by atoms with Gasteiger partial charge in [-0.2, -0.15) is 0 Å². The van der Waals surface area contributed by atoms with Crippen molar-refractivity contribution in [1.82, 2.24) is 0 Å². The molecule has 0 atom stereocenters. The Balaban J connectivity index is 1.92. The molecule has 1 aliphatic carbocycles. The lowest BCUT2D eigenvalue weighted by atomic mass is 9.85. The lowest BCUT2D eigenvalue weighted by Gasteiger charge is -2.35. The molecular formula is C15H21NO2. The fourth-order valence-electron chi connectivity index (χ4n) is 2.74. The molecule has 1 fully saturated rings. The van der Waals surface area contributed by atoms with Crippen molar-refractivity contribution < 1.29 is 9.53 Å². The second kappa shape index (κ2) is 5.89. The summed E-state index contributed by atoms with van der Waals surface area (Å²) >= 11 is 0. The number of anilines is 1. The van der Waals surface area contributed by atoms with Crippen molar-refractivity contribution in [2.75, 3.05) is 19.1 Å². The number of hydrogen-bond acceptors (Lipinski definition) is 3. The molecule has 1 aromatic carbocycles. The molecule has 0 N–H and O–H groups in total. The second-order valence-corrected chi connectivity index (χ2v) is 4.98. The van der Waals surface area contributed by atoms with Gasteiger partial charge in [-0.3, -0.25) is 4.79 Å². The summed E-state index contributed by atoms with van der Waals surface area (Å²) in [6, 6.07) is 11.0. The highest BCUT2D eigenvalue weighted by atomic mass is 16.5. The summed E-state index contributed by atoms with van der Waals surface area (Å²) in [6.07, 6.45) is 4.00. The second-order valence-electron chi connectivity index (χ2n) is 4.98. The molecule has 0 unspecified atom stereocenters. The van der Waals surface area contributed by atoms with E-state index in [4.69, 9.17) is 4.74 Å². The van der Waals surface area contributed by atoms with Gasteiger partial charge in [0.05, 0.1) is 13.0 Å². The van der Waals surface area contributed by atoms with Gasteiger partial charge in [-0.05, 0) is 37.8 Å². The topological polar surface area (TPSA) is 29.5 Å². The van der Waals surface area contributed by atoms with Gasteiger partial charge in [-0.15, -0.1) is 0 Å². The molecule has 98 valence electrons. The van der Waals surface area contributed by atoms with Crippen LogP contribution in [0.25, 0.3) is 0 Å². The maximum absolute atomic E-state index is 11.5. The number of benzene rings is 1. The molecule has 2 rings (SSSR count). The molecule has 0 aliphatic heterocycles. The van der Waals surface area contributed by atoms with Crippen molar-refractivity contribution in [3.63, 3.8) is 0 Å². The van der Waals surface area contributed by atoms with Crippen LogP contribution in [0.4, 0.5) is 5.69 Å². The van der Waals surface area contributed by atoms with Crippen molar-refractivity contribution in [3.8, 4) is 0 Å². The van der Waals surface area contributed by atoms with Crippen LogP contribution < -0.4 is 4.90 Å². The van der Waals surface area contributed by atoms with E-state index >= 15 is 0 Å². The van der Waals surface area contributed by atoms with Crippen LogP contribution in [0.1, 0.15) is 25.7 Å². The molecule has 0 bridgehead atoms. The third-order valence-corrected chi connectivity index (χ3v) is 3.94. The van der Waals surface area contributed by atoms with Gasteiger partial charge in [0, 0.05) is 18.8 Å². The van der Waals surface area contributed by atoms with Crippen LogP contribution >= 0.6 is 0 Å². The fraction of sp³-hybridized carbons (Fsp3) is 0.533. The lowest BCUT2D eigenvalue weighted by Crippen LogP contribution is -2.36. The first-order valence-corrected chi connectivity index (χ1v) is 6.58. The zero-order chi connectivity index (χ0) is 13.0. The van der Waals surface area contributed by atoms with Crippen LogP contribution in [0, 0.1) is 5.92 Å². The predicted octanol–water partition coefficient (Wildman–Crippen LogP) is 2.85. The SMILES string of the molecule is COC(=O)C1CCC(N(C)c2ccccc2)CC1. The summed E-state index contributed by atoms with van der Waals surface area (Å²) in [6.45, 7) is 0. The fourth-order valence-corrected chi connectivity index (χ4v) is 2.74. The third kappa shape index (κ3) is 2.84. The summed E-state index contributed by atoms with van der Waals surface area (Å²) in [5.41, 5.74) is 1.25. The summed E-state index contributed by atoms with van der Waals surface area (Å²) in [4.78, 5) is 13.8. The van der Waals surface area contributed by atoms with Crippen molar-refractivity contribution in [2.24, 2.45) is 5.92 Å². The number of esters is 1. The van der Waals surface area contributed by atoms with E-state index in [1.54, 1.807) is 0 Å². The Morgan fingerprint density at radius 1 is 1.17 bits per heavy atom. The minimum Gasteiger partial charge on any atom is -0.469 e. The van der Waals surface area contributed by atoms with Crippen LogP contribution in [-0.4, -0.2) is 26.2 Å². The van der Waals surface area contributed by atoms with E-state index < -0.39 is 0 Å². The quantitative estimate of drug-likeness (QED) is 0.769. The van der Waals surface area contributed by atoms with Gasteiger partial charge in [-0.1, -0.05) is 18.2 Å². The van der Waals surface area contributed by atoms with E-state index in [9.17, 15) is 4.79 Å². The largest absolute Gasteiger partial charge is 0.469 e. The molecule has 1 aliphatic rings. The molecule has 18 heavy (non-hydrogen) atoms. The minimum absolute atomic E-state index is 0.0455. The van der Waals surface area contributed by atoms with Crippen molar-refractivity contribution in [2.45, 2.75) is 31.7 Å². The maximum atomic E-state index is 11.5. The average Bonchev–Trinajstić information content (AvgIpc) is 2.47. The zero-order valence-electron chi connectivity index (χ0n) is 11.1. The normalized spacial score (nSPS) is 23.4. The maximum Gasteiger partial charge on any atom is 0.308 e. The highest BCUT2D eigenvalue weighted by Crippen LogP contribution is 2.30. The van der Waals surface area contributed by atoms with Crippen LogP contribution in [0.2, 0.25) is 0 Å². The van der Waals surface area contributed by atoms with E-state index in [1.165, 1.54) is 12.8 Å². The van der Waals surface area contributed by atoms with Gasteiger partial charge in [-0.25, -0.2) is 0 Å². The molecule has 0 aromatic heterocycles. The van der Waals surface area contributed by atoms with E-state index in [2.05, 4.69) is 36.2 Å². The first-order chi connectivity index (χ1) is 8.72. The highest BCUT2D eigenvalue weighted by molar-refractivity contribution is 5.72. The third-order valence-electron chi connectivity index (χ3n) is 3.94. The van der Waals surface area contributed by atoms with Gasteiger partial charge >= 0.3 is 5.97 Å². The molecule has 3 heteroatoms. The molecule has 3 nitrogen and oxygen atoms in total. The molecule has 0 saturated heterocycles. The molecule has 1 aromatic rings. The molecule has 0 radical (unpaired) electrons. The monoisotopic (exact) mass is 247 g/mol. The Kier molecular flexibility index (Phi) is 4.24. The van der Waals surface area contributed by atoms with E-state index in [-0.39, 0.29) is 11.9 Å². The molecule has 0 amide bonds. The standard InChI is InChI=1S/C15H21NO2/c1-16(13-6-4-3-5-7-13)14-10-8-12(9-11-14)15(17)18-2/h3-7,12,14H,8-11H2,1-2H3. The van der Waals surface area contributed by atoms with Gasteiger partial charge in [0.1, 0.15) is 0 Å². The Hall–Kier alpha value is -1.51. The minimum atomic E-state index is -0.0455. The molecule has 0 spiro atoms. The van der Waals surface area contributed by atoms with Crippen molar-refractivity contribution in [1.29, 1.82) is 0 Å². The summed E-state index contributed by atoms with van der Waals surface area (Å²) in [7, 11) is 3.61. The van der Waals surface area contributed by atoms with E-state index in [0.29, 0.717) is 6.04 Å². The Morgan fingerprint density at radius 2 is 1.78 bits per heavy atom. The van der Waals surface area contributed by atoms with Crippen LogP contribution in [0.3, 0.4) is 0 Å². The number of hydrogen-bond donors (Lipinski definition) is 0. The van der Waals surface area contributed by atoms with Gasteiger partial charge < -0.3 is 9.64 Å². The smallest absolute Gasteiger partial charge is 0.308 e. The van der Waals surface area contributed by atoms with Crippen LogP contribution in [-0.2, 0) is 9.53 Å². The number of nitrogens with zero attached hydrogens (tertiary/aromatic N) is 1. The number of para-hydroxylation sites is 1. The predicted molar refractivity (Wildman–Crippen MR) is 72.6 cm³/mol. The number of carbonyl (C=O) groups is 1. The average molecular weight is 247 g/mol. The number of rotatable bonds is 3. The Bertz CT molecular complexity index is 383. The first kappa shape index (κ1) is 12.9.